The van der Waals surface area contributed by atoms with Crippen LogP contribution in [0.2, 0.25) is 0 Å². The molecule has 0 saturated carbocycles. The Kier molecular flexibility index (Phi) is 5.00. The Labute approximate surface area is 182 Å². The maximum atomic E-state index is 12.9. The monoisotopic (exact) mass is 417 g/mol. The van der Waals surface area contributed by atoms with Crippen LogP contribution in [0.15, 0.2) is 36.0 Å². The van der Waals surface area contributed by atoms with Crippen molar-refractivity contribution in [2.45, 2.75) is 33.1 Å². The number of hydrogen-bond acceptors (Lipinski definition) is 5. The van der Waals surface area contributed by atoms with Gasteiger partial charge in [0.25, 0.3) is 5.91 Å². The van der Waals surface area contributed by atoms with Crippen molar-refractivity contribution in [2.75, 3.05) is 31.1 Å². The van der Waals surface area contributed by atoms with E-state index in [0.29, 0.717) is 36.2 Å². The average Bonchev–Trinajstić information content (AvgIpc) is 3.13. The molecule has 0 unspecified atom stereocenters. The first-order valence-corrected chi connectivity index (χ1v) is 11.1. The number of ether oxygens (including phenoxy) is 1. The second-order valence-electron chi connectivity index (χ2n) is 8.64. The molecule has 31 heavy (non-hydrogen) atoms. The fraction of sp³-hybridized carbons (Fsp3) is 0.400. The molecular formula is C25H27N3O3. The van der Waals surface area contributed by atoms with E-state index in [1.807, 2.05) is 42.2 Å². The highest BCUT2D eigenvalue weighted by molar-refractivity contribution is 6.18. The summed E-state index contributed by atoms with van der Waals surface area (Å²) in [4.78, 5) is 34.0. The summed E-state index contributed by atoms with van der Waals surface area (Å²) in [6.07, 6.45) is 6.47. The number of pyridine rings is 1. The Morgan fingerprint density at radius 3 is 2.77 bits per heavy atom. The number of fused-ring (bicyclic) bond motifs is 2. The van der Waals surface area contributed by atoms with Crippen LogP contribution in [0.3, 0.4) is 0 Å². The first-order valence-electron chi connectivity index (χ1n) is 11.1. The van der Waals surface area contributed by atoms with Crippen molar-refractivity contribution in [3.63, 3.8) is 0 Å². The SMILES string of the molecule is CCC1=Cc2cc(N3CCOc4cc(C(=O)N5CCC(C)CC5)cnc43)ccc2C1=O. The number of anilines is 2. The number of allylic oxidation sites excluding steroid dienone is 1. The summed E-state index contributed by atoms with van der Waals surface area (Å²) in [6, 6.07) is 7.73. The molecular weight excluding hydrogens is 390 g/mol. The van der Waals surface area contributed by atoms with Gasteiger partial charge in [0, 0.05) is 36.1 Å². The summed E-state index contributed by atoms with van der Waals surface area (Å²) in [5.74, 6) is 2.16. The fourth-order valence-corrected chi connectivity index (χ4v) is 4.59. The molecule has 5 rings (SSSR count). The van der Waals surface area contributed by atoms with Gasteiger partial charge in [0.2, 0.25) is 0 Å². The lowest BCUT2D eigenvalue weighted by Crippen LogP contribution is -2.38. The van der Waals surface area contributed by atoms with Crippen molar-refractivity contribution < 1.29 is 14.3 Å². The number of nitrogens with zero attached hydrogens (tertiary/aromatic N) is 3. The first kappa shape index (κ1) is 19.8. The van der Waals surface area contributed by atoms with Gasteiger partial charge in [-0.1, -0.05) is 13.8 Å². The van der Waals surface area contributed by atoms with Crippen LogP contribution in [0.1, 0.15) is 59.4 Å². The molecule has 0 atom stereocenters. The van der Waals surface area contributed by atoms with Crippen LogP contribution in [0.25, 0.3) is 6.08 Å². The van der Waals surface area contributed by atoms with E-state index in [-0.39, 0.29) is 11.7 Å². The molecule has 0 bridgehead atoms. The maximum Gasteiger partial charge on any atom is 0.255 e. The number of likely N-dealkylation sites (tertiary alicyclic amines) is 1. The molecule has 6 nitrogen and oxygen atoms in total. The lowest BCUT2D eigenvalue weighted by Gasteiger charge is -2.32. The van der Waals surface area contributed by atoms with Gasteiger partial charge in [0.1, 0.15) is 6.61 Å². The van der Waals surface area contributed by atoms with Crippen LogP contribution in [0.5, 0.6) is 5.75 Å². The largest absolute Gasteiger partial charge is 0.488 e. The molecule has 1 fully saturated rings. The number of piperidine rings is 1. The van der Waals surface area contributed by atoms with E-state index in [2.05, 4.69) is 16.8 Å². The minimum atomic E-state index is 0.0243. The molecule has 3 heterocycles. The number of benzene rings is 1. The molecule has 2 aliphatic heterocycles. The number of carbonyl (C=O) groups is 2. The van der Waals surface area contributed by atoms with Crippen LogP contribution in [0.4, 0.5) is 11.5 Å². The summed E-state index contributed by atoms with van der Waals surface area (Å²) in [5.41, 5.74) is 4.12. The van der Waals surface area contributed by atoms with Gasteiger partial charge >= 0.3 is 0 Å². The van der Waals surface area contributed by atoms with Gasteiger partial charge in [0.15, 0.2) is 17.4 Å². The normalized spacial score (nSPS) is 18.4. The highest BCUT2D eigenvalue weighted by Crippen LogP contribution is 2.38. The van der Waals surface area contributed by atoms with Crippen LogP contribution < -0.4 is 9.64 Å². The lowest BCUT2D eigenvalue weighted by atomic mass is 9.99. The molecule has 3 aliphatic rings. The molecule has 0 N–H and O–H groups in total. The highest BCUT2D eigenvalue weighted by Gasteiger charge is 2.27. The van der Waals surface area contributed by atoms with Gasteiger partial charge in [0.05, 0.1) is 12.1 Å². The summed E-state index contributed by atoms with van der Waals surface area (Å²) in [7, 11) is 0. The predicted molar refractivity (Wildman–Crippen MR) is 120 cm³/mol. The number of aromatic nitrogens is 1. The molecule has 6 heteroatoms. The molecule has 1 saturated heterocycles. The van der Waals surface area contributed by atoms with E-state index in [1.54, 1.807) is 6.20 Å². The molecule has 1 aliphatic carbocycles. The molecule has 0 spiro atoms. The Bertz CT molecular complexity index is 1080. The van der Waals surface area contributed by atoms with E-state index >= 15 is 0 Å². The van der Waals surface area contributed by atoms with Crippen molar-refractivity contribution in [3.05, 3.63) is 52.7 Å². The van der Waals surface area contributed by atoms with Gasteiger partial charge in [-0.15, -0.1) is 0 Å². The average molecular weight is 418 g/mol. The Morgan fingerprint density at radius 1 is 1.19 bits per heavy atom. The number of ketones is 1. The molecule has 1 aromatic carbocycles. The zero-order chi connectivity index (χ0) is 21.5. The van der Waals surface area contributed by atoms with Gasteiger partial charge < -0.3 is 14.5 Å². The van der Waals surface area contributed by atoms with Crippen molar-refractivity contribution in [1.29, 1.82) is 0 Å². The van der Waals surface area contributed by atoms with Crippen LogP contribution >= 0.6 is 0 Å². The quantitative estimate of drug-likeness (QED) is 0.737. The van der Waals surface area contributed by atoms with E-state index in [0.717, 1.165) is 54.7 Å². The third kappa shape index (κ3) is 3.50. The number of amides is 1. The lowest BCUT2D eigenvalue weighted by molar-refractivity contribution is 0.0696. The van der Waals surface area contributed by atoms with Gasteiger partial charge in [-0.25, -0.2) is 4.98 Å². The molecule has 160 valence electrons. The zero-order valence-corrected chi connectivity index (χ0v) is 18.1. The minimum absolute atomic E-state index is 0.0243. The van der Waals surface area contributed by atoms with Gasteiger partial charge in [-0.2, -0.15) is 0 Å². The molecule has 1 aromatic heterocycles. The minimum Gasteiger partial charge on any atom is -0.488 e. The van der Waals surface area contributed by atoms with Crippen LogP contribution in [-0.2, 0) is 0 Å². The zero-order valence-electron chi connectivity index (χ0n) is 18.1. The maximum absolute atomic E-state index is 12.9. The van der Waals surface area contributed by atoms with E-state index < -0.39 is 0 Å². The fourth-order valence-electron chi connectivity index (χ4n) is 4.59. The van der Waals surface area contributed by atoms with Crippen molar-refractivity contribution in [3.8, 4) is 5.75 Å². The third-order valence-electron chi connectivity index (χ3n) is 6.57. The van der Waals surface area contributed by atoms with Crippen molar-refractivity contribution in [2.24, 2.45) is 5.92 Å². The predicted octanol–water partition coefficient (Wildman–Crippen LogP) is 4.47. The van der Waals surface area contributed by atoms with Crippen LogP contribution in [-0.4, -0.2) is 47.8 Å². The second-order valence-corrected chi connectivity index (χ2v) is 8.64. The Morgan fingerprint density at radius 2 is 2.00 bits per heavy atom. The van der Waals surface area contributed by atoms with Gasteiger partial charge in [-0.05, 0) is 61.1 Å². The number of carbonyl (C=O) groups excluding carboxylic acids is 2. The summed E-state index contributed by atoms with van der Waals surface area (Å²) in [5, 5.41) is 0. The van der Waals surface area contributed by atoms with Crippen LogP contribution in [0, 0.1) is 5.92 Å². The second kappa shape index (κ2) is 7.84. The van der Waals surface area contributed by atoms with E-state index in [9.17, 15) is 9.59 Å². The Hall–Kier alpha value is -3.15. The number of rotatable bonds is 3. The standard InChI is InChI=1S/C25H27N3O3/c1-3-17-12-18-13-20(4-5-21(18)23(17)29)28-10-11-31-22-14-19(15-26-24(22)28)25(30)27-8-6-16(2)7-9-27/h4-5,12-16H,3,6-11H2,1-2H3. The van der Waals surface area contributed by atoms with Gasteiger partial charge in [-0.3, -0.25) is 9.59 Å². The third-order valence-corrected chi connectivity index (χ3v) is 6.57. The Balaban J connectivity index is 1.42. The smallest absolute Gasteiger partial charge is 0.255 e. The summed E-state index contributed by atoms with van der Waals surface area (Å²) < 4.78 is 5.87. The molecule has 0 radical (unpaired) electrons. The van der Waals surface area contributed by atoms with Crippen molar-refractivity contribution >= 4 is 29.3 Å². The van der Waals surface area contributed by atoms with Crippen molar-refractivity contribution in [1.82, 2.24) is 9.88 Å². The van der Waals surface area contributed by atoms with E-state index in [1.165, 1.54) is 0 Å². The topological polar surface area (TPSA) is 62.7 Å². The summed E-state index contributed by atoms with van der Waals surface area (Å²) in [6.45, 7) is 7.00. The number of hydrogen-bond donors (Lipinski definition) is 0. The molecule has 1 amide bonds. The van der Waals surface area contributed by atoms with E-state index in [4.69, 9.17) is 4.74 Å². The first-order chi connectivity index (χ1) is 15.0. The number of Topliss-reactive ketones (excluding diaryl/α,β-unsaturated/α-hetero) is 1. The molecule has 2 aromatic rings. The summed E-state index contributed by atoms with van der Waals surface area (Å²) >= 11 is 0. The highest BCUT2D eigenvalue weighted by atomic mass is 16.5.